The van der Waals surface area contributed by atoms with Crippen LogP contribution in [-0.2, 0) is 6.42 Å². The smallest absolute Gasteiger partial charge is 0.307 e. The molecule has 0 unspecified atom stereocenters. The van der Waals surface area contributed by atoms with Gasteiger partial charge in [0.05, 0.1) is 4.88 Å². The van der Waals surface area contributed by atoms with Crippen molar-refractivity contribution < 1.29 is 5.11 Å². The van der Waals surface area contributed by atoms with Crippen molar-refractivity contribution in [2.45, 2.75) is 6.42 Å². The molecule has 0 saturated carbocycles. The second-order valence-corrected chi connectivity index (χ2v) is 6.11. The maximum atomic E-state index is 11.1. The lowest BCUT2D eigenvalue weighted by molar-refractivity contribution is 0.451. The van der Waals surface area contributed by atoms with E-state index in [-0.39, 0.29) is 10.8 Å². The molecule has 2 N–H and O–H groups in total. The van der Waals surface area contributed by atoms with Crippen LogP contribution < -0.4 is 4.87 Å². The highest BCUT2D eigenvalue weighted by atomic mass is 79.9. The summed E-state index contributed by atoms with van der Waals surface area (Å²) in [7, 11) is 0. The van der Waals surface area contributed by atoms with Crippen molar-refractivity contribution in [3.63, 3.8) is 0 Å². The lowest BCUT2D eigenvalue weighted by atomic mass is 10.1. The molecule has 1 aromatic carbocycles. The Morgan fingerprint density at radius 3 is 2.41 bits per heavy atom. The summed E-state index contributed by atoms with van der Waals surface area (Å²) in [4.78, 5) is 13.6. The summed E-state index contributed by atoms with van der Waals surface area (Å²) < 4.78 is 0.780. The van der Waals surface area contributed by atoms with Gasteiger partial charge in [0.2, 0.25) is 5.88 Å². The van der Waals surface area contributed by atoms with Crippen LogP contribution in [0.1, 0.15) is 10.4 Å². The quantitative estimate of drug-likeness (QED) is 0.861. The Bertz CT molecular complexity index is 600. The number of halogens is 3. The number of H-pyrrole nitrogens is 1. The minimum absolute atomic E-state index is 0.130. The topological polar surface area (TPSA) is 53.1 Å². The molecule has 0 saturated heterocycles. The third kappa shape index (κ3) is 2.85. The number of thiazole rings is 1. The average molecular weight is 355 g/mol. The molecular formula is C10H6BrCl2NO2S. The lowest BCUT2D eigenvalue weighted by Crippen LogP contribution is -1.89. The Balaban J connectivity index is 2.43. The van der Waals surface area contributed by atoms with E-state index in [1.807, 2.05) is 0 Å². The first-order valence-corrected chi connectivity index (χ1v) is 6.88. The van der Waals surface area contributed by atoms with Crippen LogP contribution in [0.25, 0.3) is 0 Å². The molecule has 7 heteroatoms. The minimum Gasteiger partial charge on any atom is -0.494 e. The van der Waals surface area contributed by atoms with Gasteiger partial charge >= 0.3 is 4.87 Å². The maximum Gasteiger partial charge on any atom is 0.307 e. The van der Waals surface area contributed by atoms with Crippen LogP contribution in [0.4, 0.5) is 0 Å². The number of aromatic nitrogens is 1. The molecule has 1 heterocycles. The number of aromatic amines is 1. The first-order valence-electron chi connectivity index (χ1n) is 4.51. The van der Waals surface area contributed by atoms with Crippen molar-refractivity contribution in [1.29, 1.82) is 0 Å². The normalized spacial score (nSPS) is 10.8. The van der Waals surface area contributed by atoms with Gasteiger partial charge in [-0.25, -0.2) is 0 Å². The van der Waals surface area contributed by atoms with Crippen LogP contribution >= 0.6 is 50.5 Å². The summed E-state index contributed by atoms with van der Waals surface area (Å²) in [6, 6.07) is 3.44. The molecule has 90 valence electrons. The first-order chi connectivity index (χ1) is 7.97. The molecule has 0 aliphatic carbocycles. The monoisotopic (exact) mass is 353 g/mol. The summed E-state index contributed by atoms with van der Waals surface area (Å²) in [5.74, 6) is -0.130. The van der Waals surface area contributed by atoms with Gasteiger partial charge in [-0.1, -0.05) is 50.5 Å². The number of hydrogen-bond acceptors (Lipinski definition) is 3. The molecule has 0 aliphatic rings. The third-order valence-corrected chi connectivity index (χ3v) is 4.15. The van der Waals surface area contributed by atoms with Gasteiger partial charge in [-0.05, 0) is 17.7 Å². The molecule has 0 aliphatic heterocycles. The molecule has 0 fully saturated rings. The Hall–Kier alpha value is -0.490. The van der Waals surface area contributed by atoms with Crippen LogP contribution in [0.3, 0.4) is 0 Å². The Morgan fingerprint density at radius 1 is 1.35 bits per heavy atom. The fourth-order valence-corrected chi connectivity index (χ4v) is 3.45. The molecule has 17 heavy (non-hydrogen) atoms. The van der Waals surface area contributed by atoms with E-state index in [0.29, 0.717) is 26.9 Å². The molecule has 0 spiro atoms. The van der Waals surface area contributed by atoms with E-state index in [9.17, 15) is 9.90 Å². The molecule has 2 aromatic rings. The van der Waals surface area contributed by atoms with Crippen LogP contribution in [0.5, 0.6) is 5.88 Å². The SMILES string of the molecule is O=c1[nH]c(O)c(Cc2c(Cl)cc(Br)cc2Cl)s1. The molecule has 1 aromatic heterocycles. The largest absolute Gasteiger partial charge is 0.494 e. The first kappa shape index (κ1) is 13.0. The maximum absolute atomic E-state index is 11.1. The second-order valence-electron chi connectivity index (χ2n) is 3.31. The molecule has 2 rings (SSSR count). The molecular weight excluding hydrogens is 349 g/mol. The zero-order valence-corrected chi connectivity index (χ0v) is 12.2. The highest BCUT2D eigenvalue weighted by molar-refractivity contribution is 9.10. The third-order valence-electron chi connectivity index (χ3n) is 2.14. The fraction of sp³-hybridized carbons (Fsp3) is 0.100. The highest BCUT2D eigenvalue weighted by Gasteiger charge is 2.13. The Kier molecular flexibility index (Phi) is 3.82. The molecule has 3 nitrogen and oxygen atoms in total. The Morgan fingerprint density at radius 2 is 1.94 bits per heavy atom. The minimum atomic E-state index is -0.304. The second kappa shape index (κ2) is 5.02. The van der Waals surface area contributed by atoms with Gasteiger partial charge in [0, 0.05) is 20.9 Å². The van der Waals surface area contributed by atoms with E-state index in [4.69, 9.17) is 23.2 Å². The van der Waals surface area contributed by atoms with Gasteiger partial charge in [0.25, 0.3) is 0 Å². The predicted octanol–water partition coefficient (Wildman–Crippen LogP) is 3.80. The highest BCUT2D eigenvalue weighted by Crippen LogP contribution is 2.32. The summed E-state index contributed by atoms with van der Waals surface area (Å²) in [5.41, 5.74) is 0.682. The number of nitrogens with one attached hydrogen (secondary N) is 1. The zero-order valence-electron chi connectivity index (χ0n) is 8.26. The Labute approximate surface area is 119 Å². The van der Waals surface area contributed by atoms with Crippen molar-refractivity contribution in [2.75, 3.05) is 0 Å². The number of aromatic hydroxyl groups is 1. The van der Waals surface area contributed by atoms with E-state index in [0.717, 1.165) is 15.8 Å². The summed E-state index contributed by atoms with van der Waals surface area (Å²) >= 11 is 16.3. The van der Waals surface area contributed by atoms with Crippen molar-refractivity contribution in [1.82, 2.24) is 4.98 Å². The van der Waals surface area contributed by atoms with Gasteiger partial charge < -0.3 is 5.11 Å². The van der Waals surface area contributed by atoms with Gasteiger partial charge in [0.1, 0.15) is 0 Å². The summed E-state index contributed by atoms with van der Waals surface area (Å²) in [6.45, 7) is 0. The van der Waals surface area contributed by atoms with Crippen molar-refractivity contribution in [2.24, 2.45) is 0 Å². The molecule has 0 bridgehead atoms. The number of benzene rings is 1. The summed E-state index contributed by atoms with van der Waals surface area (Å²) in [6.07, 6.45) is 0.320. The van der Waals surface area contributed by atoms with Crippen LogP contribution in [0.15, 0.2) is 21.4 Å². The van der Waals surface area contributed by atoms with Crippen LogP contribution in [-0.4, -0.2) is 10.1 Å². The van der Waals surface area contributed by atoms with E-state index in [1.54, 1.807) is 12.1 Å². The molecule has 0 atom stereocenters. The predicted molar refractivity (Wildman–Crippen MR) is 73.6 cm³/mol. The van der Waals surface area contributed by atoms with Crippen LogP contribution in [0.2, 0.25) is 10.0 Å². The van der Waals surface area contributed by atoms with E-state index in [1.165, 1.54) is 0 Å². The number of hydrogen-bond donors (Lipinski definition) is 2. The average Bonchev–Trinajstić information content (AvgIpc) is 2.51. The number of rotatable bonds is 2. The summed E-state index contributed by atoms with van der Waals surface area (Å²) in [5, 5.41) is 10.5. The van der Waals surface area contributed by atoms with E-state index in [2.05, 4.69) is 20.9 Å². The van der Waals surface area contributed by atoms with Crippen LogP contribution in [0, 0.1) is 0 Å². The van der Waals surface area contributed by atoms with Gasteiger partial charge in [-0.2, -0.15) is 0 Å². The van der Waals surface area contributed by atoms with Crippen molar-refractivity contribution in [3.8, 4) is 5.88 Å². The van der Waals surface area contributed by atoms with Gasteiger partial charge in [-0.3, -0.25) is 9.78 Å². The fourth-order valence-electron chi connectivity index (χ4n) is 1.37. The van der Waals surface area contributed by atoms with Gasteiger partial charge in [0.15, 0.2) is 0 Å². The lowest BCUT2D eigenvalue weighted by Gasteiger charge is -2.06. The van der Waals surface area contributed by atoms with E-state index >= 15 is 0 Å². The van der Waals surface area contributed by atoms with Crippen molar-refractivity contribution >= 4 is 50.5 Å². The standard InChI is InChI=1S/C10H6BrCl2NO2S/c11-4-1-6(12)5(7(13)2-4)3-8-9(15)14-10(16)17-8/h1-2,15H,3H2,(H,14,16). The van der Waals surface area contributed by atoms with E-state index < -0.39 is 0 Å². The molecule has 0 amide bonds. The zero-order chi connectivity index (χ0) is 12.6. The van der Waals surface area contributed by atoms with Gasteiger partial charge in [-0.15, -0.1) is 0 Å². The van der Waals surface area contributed by atoms with Crippen molar-refractivity contribution in [3.05, 3.63) is 46.8 Å². The molecule has 0 radical (unpaired) electrons.